The second-order valence-corrected chi connectivity index (χ2v) is 5.42. The second kappa shape index (κ2) is 8.78. The van der Waals surface area contributed by atoms with E-state index in [0.717, 1.165) is 11.1 Å². The van der Waals surface area contributed by atoms with Gasteiger partial charge in [0.1, 0.15) is 5.75 Å². The average Bonchev–Trinajstić information content (AvgIpc) is 2.66. The molecule has 0 heterocycles. The Morgan fingerprint density at radius 2 is 1.56 bits per heavy atom. The van der Waals surface area contributed by atoms with Crippen molar-refractivity contribution in [3.05, 3.63) is 59.7 Å². The number of methoxy groups -OCH3 is 3. The molecule has 25 heavy (non-hydrogen) atoms. The van der Waals surface area contributed by atoms with Gasteiger partial charge in [-0.15, -0.1) is 0 Å². The van der Waals surface area contributed by atoms with Gasteiger partial charge in [-0.25, -0.2) is 0 Å². The third-order valence-electron chi connectivity index (χ3n) is 3.81. The Kier molecular flexibility index (Phi) is 6.46. The molecule has 0 saturated carbocycles. The molecule has 2 aromatic carbocycles. The van der Waals surface area contributed by atoms with Crippen molar-refractivity contribution in [2.75, 3.05) is 21.3 Å². The van der Waals surface area contributed by atoms with Gasteiger partial charge >= 0.3 is 0 Å². The molecule has 0 fully saturated rings. The van der Waals surface area contributed by atoms with E-state index >= 15 is 0 Å². The number of carbonyl (C=O) groups is 1. The molecule has 5 heteroatoms. The van der Waals surface area contributed by atoms with Gasteiger partial charge in [0, 0.05) is 17.7 Å². The summed E-state index contributed by atoms with van der Waals surface area (Å²) in [5.74, 6) is 1.55. The Morgan fingerprint density at radius 3 is 2.16 bits per heavy atom. The van der Waals surface area contributed by atoms with Crippen molar-refractivity contribution in [3.63, 3.8) is 0 Å². The van der Waals surface area contributed by atoms with E-state index in [0.29, 0.717) is 17.2 Å². The van der Waals surface area contributed by atoms with E-state index in [1.165, 1.54) is 6.08 Å². The van der Waals surface area contributed by atoms with E-state index < -0.39 is 0 Å². The lowest BCUT2D eigenvalue weighted by molar-refractivity contribution is -0.117. The Bertz CT molecular complexity index is 741. The lowest BCUT2D eigenvalue weighted by atomic mass is 10.1. The van der Waals surface area contributed by atoms with E-state index in [4.69, 9.17) is 14.2 Å². The van der Waals surface area contributed by atoms with Crippen molar-refractivity contribution < 1.29 is 19.0 Å². The lowest BCUT2D eigenvalue weighted by Crippen LogP contribution is -2.24. The minimum atomic E-state index is -0.187. The van der Waals surface area contributed by atoms with Crippen LogP contribution in [0.1, 0.15) is 24.1 Å². The standard InChI is InChI=1S/C20H23NO4/c1-14(15-8-6-5-7-9-15)21-20(22)11-10-16-12-18(24-3)19(25-4)13-17(16)23-2/h5-14H,1-4H3,(H,21,22)/b11-10+/t14-/m0/s1. The van der Waals surface area contributed by atoms with E-state index in [-0.39, 0.29) is 11.9 Å². The van der Waals surface area contributed by atoms with E-state index in [1.54, 1.807) is 39.5 Å². The minimum Gasteiger partial charge on any atom is -0.496 e. The summed E-state index contributed by atoms with van der Waals surface area (Å²) in [5.41, 5.74) is 1.77. The minimum absolute atomic E-state index is 0.0781. The van der Waals surface area contributed by atoms with Crippen molar-refractivity contribution in [2.45, 2.75) is 13.0 Å². The molecule has 132 valence electrons. The Labute approximate surface area is 148 Å². The highest BCUT2D eigenvalue weighted by molar-refractivity contribution is 5.92. The van der Waals surface area contributed by atoms with Gasteiger partial charge in [0.05, 0.1) is 27.4 Å². The second-order valence-electron chi connectivity index (χ2n) is 5.42. The first-order valence-corrected chi connectivity index (χ1v) is 7.92. The van der Waals surface area contributed by atoms with Gasteiger partial charge in [0.15, 0.2) is 11.5 Å². The number of rotatable bonds is 7. The van der Waals surface area contributed by atoms with Crippen LogP contribution in [0.3, 0.4) is 0 Å². The highest BCUT2D eigenvalue weighted by Crippen LogP contribution is 2.35. The molecule has 0 aliphatic rings. The lowest BCUT2D eigenvalue weighted by Gasteiger charge is -2.13. The molecular formula is C20H23NO4. The normalized spacial score (nSPS) is 11.8. The number of carbonyl (C=O) groups excluding carboxylic acids is 1. The molecule has 5 nitrogen and oxygen atoms in total. The SMILES string of the molecule is COc1cc(OC)c(OC)cc1/C=C/C(=O)N[C@@H](C)c1ccccc1. The van der Waals surface area contributed by atoms with Crippen LogP contribution >= 0.6 is 0 Å². The van der Waals surface area contributed by atoms with Crippen molar-refractivity contribution in [1.82, 2.24) is 5.32 Å². The number of hydrogen-bond donors (Lipinski definition) is 1. The average molecular weight is 341 g/mol. The zero-order valence-electron chi connectivity index (χ0n) is 14.9. The van der Waals surface area contributed by atoms with Crippen LogP contribution in [0.25, 0.3) is 6.08 Å². The van der Waals surface area contributed by atoms with Crippen LogP contribution in [0.2, 0.25) is 0 Å². The molecule has 0 aliphatic heterocycles. The third kappa shape index (κ3) is 4.76. The predicted octanol–water partition coefficient (Wildman–Crippen LogP) is 3.60. The molecule has 0 bridgehead atoms. The first-order valence-electron chi connectivity index (χ1n) is 7.92. The zero-order chi connectivity index (χ0) is 18.2. The van der Waals surface area contributed by atoms with E-state index in [9.17, 15) is 4.79 Å². The monoisotopic (exact) mass is 341 g/mol. The third-order valence-corrected chi connectivity index (χ3v) is 3.81. The molecule has 2 aromatic rings. The van der Waals surface area contributed by atoms with Gasteiger partial charge < -0.3 is 19.5 Å². The summed E-state index contributed by atoms with van der Waals surface area (Å²) < 4.78 is 15.9. The molecule has 2 rings (SSSR count). The van der Waals surface area contributed by atoms with Crippen LogP contribution in [0.4, 0.5) is 0 Å². The van der Waals surface area contributed by atoms with Crippen molar-refractivity contribution in [1.29, 1.82) is 0 Å². The fourth-order valence-electron chi connectivity index (χ4n) is 2.44. The summed E-state index contributed by atoms with van der Waals surface area (Å²) in [4.78, 5) is 12.2. The molecule has 0 radical (unpaired) electrons. The number of benzene rings is 2. The van der Waals surface area contributed by atoms with E-state index in [1.807, 2.05) is 37.3 Å². The molecule has 1 atom stereocenters. The fourth-order valence-corrected chi connectivity index (χ4v) is 2.44. The van der Waals surface area contributed by atoms with Crippen LogP contribution in [0, 0.1) is 0 Å². The summed E-state index contributed by atoms with van der Waals surface area (Å²) in [6, 6.07) is 13.2. The van der Waals surface area contributed by atoms with Gasteiger partial charge in [0.2, 0.25) is 5.91 Å². The smallest absolute Gasteiger partial charge is 0.244 e. The zero-order valence-corrected chi connectivity index (χ0v) is 14.9. The van der Waals surface area contributed by atoms with Gasteiger partial charge in [-0.1, -0.05) is 30.3 Å². The van der Waals surface area contributed by atoms with Crippen LogP contribution in [-0.4, -0.2) is 27.2 Å². The largest absolute Gasteiger partial charge is 0.496 e. The maximum Gasteiger partial charge on any atom is 0.244 e. The van der Waals surface area contributed by atoms with Crippen molar-refractivity contribution in [3.8, 4) is 17.2 Å². The first kappa shape index (κ1) is 18.4. The molecule has 0 saturated heterocycles. The van der Waals surface area contributed by atoms with Crippen molar-refractivity contribution in [2.24, 2.45) is 0 Å². The number of hydrogen-bond acceptors (Lipinski definition) is 4. The Hall–Kier alpha value is -2.95. The maximum atomic E-state index is 12.2. The number of amides is 1. The summed E-state index contributed by atoms with van der Waals surface area (Å²) >= 11 is 0. The van der Waals surface area contributed by atoms with E-state index in [2.05, 4.69) is 5.32 Å². The molecule has 1 N–H and O–H groups in total. The molecule has 0 aliphatic carbocycles. The van der Waals surface area contributed by atoms with Gasteiger partial charge in [-0.3, -0.25) is 4.79 Å². The Balaban J connectivity index is 2.13. The summed E-state index contributed by atoms with van der Waals surface area (Å²) in [6.45, 7) is 1.94. The maximum absolute atomic E-state index is 12.2. The highest BCUT2D eigenvalue weighted by atomic mass is 16.5. The molecule has 0 unspecified atom stereocenters. The summed E-state index contributed by atoms with van der Waals surface area (Å²) in [5, 5.41) is 2.93. The summed E-state index contributed by atoms with van der Waals surface area (Å²) in [6.07, 6.45) is 3.16. The molecule has 1 amide bonds. The number of ether oxygens (including phenoxy) is 3. The van der Waals surface area contributed by atoms with Gasteiger partial charge in [-0.2, -0.15) is 0 Å². The van der Waals surface area contributed by atoms with Crippen LogP contribution < -0.4 is 19.5 Å². The van der Waals surface area contributed by atoms with Crippen LogP contribution in [-0.2, 0) is 4.79 Å². The van der Waals surface area contributed by atoms with Crippen molar-refractivity contribution >= 4 is 12.0 Å². The molecule has 0 aromatic heterocycles. The fraction of sp³-hybridized carbons (Fsp3) is 0.250. The van der Waals surface area contributed by atoms with Gasteiger partial charge in [-0.05, 0) is 24.6 Å². The highest BCUT2D eigenvalue weighted by Gasteiger charge is 2.11. The Morgan fingerprint density at radius 1 is 0.960 bits per heavy atom. The predicted molar refractivity (Wildman–Crippen MR) is 98.1 cm³/mol. The topological polar surface area (TPSA) is 56.8 Å². The van der Waals surface area contributed by atoms with Crippen LogP contribution in [0.15, 0.2) is 48.5 Å². The number of nitrogens with one attached hydrogen (secondary N) is 1. The summed E-state index contributed by atoms with van der Waals surface area (Å²) in [7, 11) is 4.69. The molecule has 0 spiro atoms. The first-order chi connectivity index (χ1) is 12.1. The van der Waals surface area contributed by atoms with Gasteiger partial charge in [0.25, 0.3) is 0 Å². The molecular weight excluding hydrogens is 318 g/mol. The quantitative estimate of drug-likeness (QED) is 0.782. The van der Waals surface area contributed by atoms with Crippen LogP contribution in [0.5, 0.6) is 17.2 Å².